The van der Waals surface area contributed by atoms with Crippen molar-refractivity contribution in [3.63, 3.8) is 0 Å². The van der Waals surface area contributed by atoms with Crippen LogP contribution in [0.4, 0.5) is 5.69 Å². The van der Waals surface area contributed by atoms with E-state index in [0.29, 0.717) is 45.1 Å². The van der Waals surface area contributed by atoms with Crippen molar-refractivity contribution < 1.29 is 19.4 Å². The van der Waals surface area contributed by atoms with Crippen LogP contribution in [-0.2, 0) is 9.59 Å². The third kappa shape index (κ3) is 5.13. The van der Waals surface area contributed by atoms with Crippen molar-refractivity contribution in [3.05, 3.63) is 98.5 Å². The number of hydrogen-bond donors (Lipinski definition) is 1. The number of hydrogen-bond acceptors (Lipinski definition) is 4. The second-order valence-electron chi connectivity index (χ2n) is 9.40. The van der Waals surface area contributed by atoms with E-state index in [1.807, 2.05) is 38.1 Å². The van der Waals surface area contributed by atoms with Crippen LogP contribution < -0.4 is 9.64 Å². The number of Topliss-reactive ketones (excluding diaryl/α,β-unsaturated/α-hetero) is 1. The van der Waals surface area contributed by atoms with Gasteiger partial charge < -0.3 is 9.84 Å². The molecule has 0 saturated carbocycles. The van der Waals surface area contributed by atoms with Crippen molar-refractivity contribution in [3.8, 4) is 5.75 Å². The van der Waals surface area contributed by atoms with E-state index < -0.39 is 17.7 Å². The van der Waals surface area contributed by atoms with E-state index in [9.17, 15) is 14.7 Å². The molecule has 1 fully saturated rings. The third-order valence-electron chi connectivity index (χ3n) is 5.95. The summed E-state index contributed by atoms with van der Waals surface area (Å²) in [6.45, 7) is 8.48. The summed E-state index contributed by atoms with van der Waals surface area (Å²) in [4.78, 5) is 28.1. The van der Waals surface area contributed by atoms with Gasteiger partial charge in [-0.2, -0.15) is 0 Å². The Kier molecular flexibility index (Phi) is 7.43. The van der Waals surface area contributed by atoms with Gasteiger partial charge in [0.25, 0.3) is 11.7 Å². The highest BCUT2D eigenvalue weighted by molar-refractivity contribution is 6.52. The number of carbonyl (C=O) groups is 2. The second kappa shape index (κ2) is 10.4. The molecule has 3 aromatic rings. The number of aryl methyl sites for hydroxylation is 2. The molecule has 1 saturated heterocycles. The maximum absolute atomic E-state index is 13.4. The molecule has 0 bridgehead atoms. The van der Waals surface area contributed by atoms with Crippen LogP contribution in [0.5, 0.6) is 5.75 Å². The fourth-order valence-corrected chi connectivity index (χ4v) is 4.82. The Labute approximate surface area is 220 Å². The zero-order chi connectivity index (χ0) is 26.1. The van der Waals surface area contributed by atoms with Crippen molar-refractivity contribution in [1.29, 1.82) is 0 Å². The molecule has 3 aromatic carbocycles. The summed E-state index contributed by atoms with van der Waals surface area (Å²) in [6, 6.07) is 16.5. The maximum atomic E-state index is 13.4. The highest BCUT2D eigenvalue weighted by atomic mass is 35.5. The molecule has 4 rings (SSSR count). The number of ether oxygens (including phenoxy) is 1. The van der Waals surface area contributed by atoms with Gasteiger partial charge in [0.2, 0.25) is 0 Å². The number of anilines is 1. The van der Waals surface area contributed by atoms with E-state index in [1.54, 1.807) is 36.4 Å². The number of aliphatic hydroxyl groups is 1. The molecular formula is C29H27Cl2NO4. The first-order valence-electron chi connectivity index (χ1n) is 11.6. The lowest BCUT2D eigenvalue weighted by atomic mass is 9.94. The fraction of sp³-hybridized carbons (Fsp3) is 0.241. The molecule has 5 nitrogen and oxygen atoms in total. The van der Waals surface area contributed by atoms with E-state index in [1.165, 1.54) is 4.90 Å². The highest BCUT2D eigenvalue weighted by Crippen LogP contribution is 2.43. The zero-order valence-electron chi connectivity index (χ0n) is 20.5. The Hall–Kier alpha value is -3.28. The Morgan fingerprint density at radius 1 is 1.00 bits per heavy atom. The summed E-state index contributed by atoms with van der Waals surface area (Å²) in [6.07, 6.45) is 0. The molecule has 7 heteroatoms. The molecule has 0 aliphatic carbocycles. The largest absolute Gasteiger partial charge is 0.507 e. The average molecular weight is 524 g/mol. The number of rotatable bonds is 6. The standard InChI is InChI=1S/C29H27Cl2NO4/c1-16(2)15-36-24-9-8-20(11-18(24)4)27(33)25-26(19-7-5-6-17(3)10-19)32(29(35)28(25)34)23-13-21(30)12-22(31)14-23/h5-14,16,26,33H,15H2,1-4H3/b27-25+. The van der Waals surface area contributed by atoms with E-state index >= 15 is 0 Å². The molecule has 186 valence electrons. The summed E-state index contributed by atoms with van der Waals surface area (Å²) in [5, 5.41) is 12.1. The van der Waals surface area contributed by atoms with Gasteiger partial charge >= 0.3 is 0 Å². The van der Waals surface area contributed by atoms with Gasteiger partial charge in [0.05, 0.1) is 18.2 Å². The van der Waals surface area contributed by atoms with E-state index in [2.05, 4.69) is 13.8 Å². The summed E-state index contributed by atoms with van der Waals surface area (Å²) >= 11 is 12.4. The summed E-state index contributed by atoms with van der Waals surface area (Å²) < 4.78 is 5.85. The zero-order valence-corrected chi connectivity index (χ0v) is 22.0. The quantitative estimate of drug-likeness (QED) is 0.209. The van der Waals surface area contributed by atoms with E-state index in [0.717, 1.165) is 11.1 Å². The summed E-state index contributed by atoms with van der Waals surface area (Å²) in [5.74, 6) is -0.746. The van der Waals surface area contributed by atoms with E-state index in [-0.39, 0.29) is 11.3 Å². The summed E-state index contributed by atoms with van der Waals surface area (Å²) in [7, 11) is 0. The predicted molar refractivity (Wildman–Crippen MR) is 144 cm³/mol. The molecule has 1 amide bonds. The van der Waals surface area contributed by atoms with Crippen LogP contribution in [0.2, 0.25) is 10.0 Å². The SMILES string of the molecule is Cc1cccc(C2/C(=C(\O)c3ccc(OCC(C)C)c(C)c3)C(=O)C(=O)N2c2cc(Cl)cc(Cl)c2)c1. The number of carbonyl (C=O) groups excluding carboxylic acids is 2. The number of ketones is 1. The van der Waals surface area contributed by atoms with Crippen molar-refractivity contribution >= 4 is 46.3 Å². The van der Waals surface area contributed by atoms with Gasteiger partial charge in [0, 0.05) is 21.3 Å². The minimum Gasteiger partial charge on any atom is -0.507 e. The van der Waals surface area contributed by atoms with Crippen LogP contribution in [-0.4, -0.2) is 23.4 Å². The Morgan fingerprint density at radius 3 is 2.31 bits per heavy atom. The first kappa shape index (κ1) is 25.8. The van der Waals surface area contributed by atoms with E-state index in [4.69, 9.17) is 27.9 Å². The number of benzene rings is 3. The number of nitrogens with zero attached hydrogens (tertiary/aromatic N) is 1. The van der Waals surface area contributed by atoms with Crippen LogP contribution in [0.15, 0.2) is 66.2 Å². The molecule has 1 aliphatic rings. The molecule has 0 aromatic heterocycles. The maximum Gasteiger partial charge on any atom is 0.300 e. The number of aliphatic hydroxyl groups excluding tert-OH is 1. The Bertz CT molecular complexity index is 1360. The van der Waals surface area contributed by atoms with Gasteiger partial charge in [-0.1, -0.05) is 66.9 Å². The van der Waals surface area contributed by atoms with Crippen molar-refractivity contribution in [2.75, 3.05) is 11.5 Å². The van der Waals surface area contributed by atoms with Crippen LogP contribution >= 0.6 is 23.2 Å². The Morgan fingerprint density at radius 2 is 1.69 bits per heavy atom. The first-order valence-corrected chi connectivity index (χ1v) is 12.4. The van der Waals surface area contributed by atoms with Gasteiger partial charge in [0.15, 0.2) is 0 Å². The average Bonchev–Trinajstić information content (AvgIpc) is 3.07. The monoisotopic (exact) mass is 523 g/mol. The lowest BCUT2D eigenvalue weighted by molar-refractivity contribution is -0.132. The van der Waals surface area contributed by atoms with Crippen LogP contribution in [0.1, 0.15) is 42.1 Å². The normalized spacial score (nSPS) is 17.2. The lowest BCUT2D eigenvalue weighted by Crippen LogP contribution is -2.29. The van der Waals surface area contributed by atoms with Crippen LogP contribution in [0.25, 0.3) is 5.76 Å². The van der Waals surface area contributed by atoms with Gasteiger partial charge in [-0.25, -0.2) is 0 Å². The molecule has 36 heavy (non-hydrogen) atoms. The van der Waals surface area contributed by atoms with Gasteiger partial charge in [-0.05, 0) is 67.3 Å². The molecule has 1 aliphatic heterocycles. The number of halogens is 2. The topological polar surface area (TPSA) is 66.8 Å². The minimum atomic E-state index is -0.864. The molecular weight excluding hydrogens is 497 g/mol. The van der Waals surface area contributed by atoms with Crippen molar-refractivity contribution in [2.45, 2.75) is 33.7 Å². The molecule has 0 spiro atoms. The second-order valence-corrected chi connectivity index (χ2v) is 10.3. The first-order chi connectivity index (χ1) is 17.1. The Balaban J connectivity index is 1.88. The lowest BCUT2D eigenvalue weighted by Gasteiger charge is -2.26. The fourth-order valence-electron chi connectivity index (χ4n) is 4.30. The summed E-state index contributed by atoms with van der Waals surface area (Å²) in [5.41, 5.74) is 3.22. The van der Waals surface area contributed by atoms with Crippen molar-refractivity contribution in [1.82, 2.24) is 0 Å². The predicted octanol–water partition coefficient (Wildman–Crippen LogP) is 7.27. The van der Waals surface area contributed by atoms with Crippen LogP contribution in [0.3, 0.4) is 0 Å². The smallest absolute Gasteiger partial charge is 0.300 e. The molecule has 1 unspecified atom stereocenters. The molecule has 1 N–H and O–H groups in total. The number of amides is 1. The molecule has 1 heterocycles. The van der Waals surface area contributed by atoms with Crippen LogP contribution in [0, 0.1) is 19.8 Å². The van der Waals surface area contributed by atoms with Gasteiger partial charge in [0.1, 0.15) is 11.5 Å². The van der Waals surface area contributed by atoms with Crippen molar-refractivity contribution in [2.24, 2.45) is 5.92 Å². The third-order valence-corrected chi connectivity index (χ3v) is 6.38. The van der Waals surface area contributed by atoms with Gasteiger partial charge in [-0.15, -0.1) is 0 Å². The molecule has 1 atom stereocenters. The minimum absolute atomic E-state index is 0.00283. The van der Waals surface area contributed by atoms with Gasteiger partial charge in [-0.3, -0.25) is 14.5 Å². The highest BCUT2D eigenvalue weighted by Gasteiger charge is 2.47. The molecule has 0 radical (unpaired) electrons.